The van der Waals surface area contributed by atoms with Crippen molar-refractivity contribution >= 4 is 23.9 Å². The summed E-state index contributed by atoms with van der Waals surface area (Å²) in [6, 6.07) is 0. The molecule has 2 amide bonds. The van der Waals surface area contributed by atoms with Gasteiger partial charge in [-0.1, -0.05) is 78.1 Å². The van der Waals surface area contributed by atoms with Gasteiger partial charge in [-0.25, -0.2) is 9.59 Å². The molecule has 0 bridgehead atoms. The maximum absolute atomic E-state index is 11.4. The highest BCUT2D eigenvalue weighted by atomic mass is 16.6. The minimum Gasteiger partial charge on any atom is -0.449 e. The van der Waals surface area contributed by atoms with Crippen molar-refractivity contribution in [1.82, 2.24) is 10.6 Å². The van der Waals surface area contributed by atoms with E-state index in [1.807, 2.05) is 13.8 Å². The number of amides is 2. The highest BCUT2D eigenvalue weighted by Gasteiger charge is 2.06. The Bertz CT molecular complexity index is 480. The zero-order valence-electron chi connectivity index (χ0n) is 20.4. The van der Waals surface area contributed by atoms with Crippen LogP contribution in [0.3, 0.4) is 0 Å². The van der Waals surface area contributed by atoms with Crippen LogP contribution in [0.1, 0.15) is 117 Å². The molecule has 0 unspecified atom stereocenters. The fourth-order valence-electron chi connectivity index (χ4n) is 3.08. The van der Waals surface area contributed by atoms with E-state index in [-0.39, 0.29) is 11.7 Å². The largest absolute Gasteiger partial charge is 0.449 e. The maximum atomic E-state index is 11.4. The second-order valence-corrected chi connectivity index (χ2v) is 8.22. The molecule has 186 valence electrons. The van der Waals surface area contributed by atoms with Crippen molar-refractivity contribution in [3.8, 4) is 0 Å². The van der Waals surface area contributed by atoms with Gasteiger partial charge in [0.25, 0.3) is 0 Å². The van der Waals surface area contributed by atoms with Gasteiger partial charge in [-0.15, -0.1) is 0 Å². The van der Waals surface area contributed by atoms with E-state index in [0.29, 0.717) is 26.1 Å². The molecule has 0 heterocycles. The zero-order chi connectivity index (χ0) is 23.9. The van der Waals surface area contributed by atoms with Crippen LogP contribution < -0.4 is 10.6 Å². The van der Waals surface area contributed by atoms with Crippen LogP contribution in [0, 0.1) is 10.8 Å². The third-order valence-corrected chi connectivity index (χ3v) is 5.07. The number of nitrogens with one attached hydrogen (secondary N) is 4. The van der Waals surface area contributed by atoms with Crippen molar-refractivity contribution in [3.05, 3.63) is 0 Å². The first kappa shape index (κ1) is 29.9. The molecular formula is C24H46N4O4. The fourth-order valence-corrected chi connectivity index (χ4v) is 3.08. The molecule has 0 aromatic rings. The first-order valence-electron chi connectivity index (χ1n) is 12.5. The number of ether oxygens (including phenoxy) is 2. The van der Waals surface area contributed by atoms with Crippen LogP contribution in [0.25, 0.3) is 0 Å². The Labute approximate surface area is 194 Å². The molecule has 0 fully saturated rings. The molecule has 0 aliphatic carbocycles. The minimum absolute atomic E-state index is 0.239. The molecule has 8 nitrogen and oxygen atoms in total. The number of carbonyl (C=O) groups excluding carboxylic acids is 2. The van der Waals surface area contributed by atoms with Crippen LogP contribution >= 0.6 is 0 Å². The van der Waals surface area contributed by atoms with Crippen LogP contribution in [0.2, 0.25) is 0 Å². The summed E-state index contributed by atoms with van der Waals surface area (Å²) in [7, 11) is 0. The summed E-state index contributed by atoms with van der Waals surface area (Å²) < 4.78 is 9.96. The van der Waals surface area contributed by atoms with Gasteiger partial charge in [0.1, 0.15) is 11.7 Å². The van der Waals surface area contributed by atoms with Crippen molar-refractivity contribution in [2.45, 2.75) is 117 Å². The van der Waals surface area contributed by atoms with Crippen LogP contribution in [0.4, 0.5) is 9.59 Å². The average Bonchev–Trinajstić information content (AvgIpc) is 2.74. The Hall–Kier alpha value is -2.12. The van der Waals surface area contributed by atoms with Gasteiger partial charge in [-0.3, -0.25) is 21.5 Å². The number of carbonyl (C=O) groups is 2. The van der Waals surface area contributed by atoms with Crippen LogP contribution in [-0.2, 0) is 9.47 Å². The second kappa shape index (κ2) is 22.1. The molecule has 32 heavy (non-hydrogen) atoms. The number of rotatable bonds is 19. The Morgan fingerprint density at radius 1 is 0.562 bits per heavy atom. The van der Waals surface area contributed by atoms with E-state index in [4.69, 9.17) is 20.3 Å². The zero-order valence-corrected chi connectivity index (χ0v) is 20.4. The summed E-state index contributed by atoms with van der Waals surface area (Å²) in [5.41, 5.74) is 0. The molecule has 0 atom stereocenters. The molecule has 0 aromatic carbocycles. The topological polar surface area (TPSA) is 124 Å². The molecule has 0 aliphatic heterocycles. The van der Waals surface area contributed by atoms with Gasteiger partial charge in [0.05, 0.1) is 13.2 Å². The number of amidine groups is 2. The number of alkyl carbamates (subject to hydrolysis) is 2. The Morgan fingerprint density at radius 2 is 0.875 bits per heavy atom. The molecule has 0 saturated carbocycles. The maximum Gasteiger partial charge on any atom is 0.412 e. The SMILES string of the molecule is CCCCOC(=O)NC(=N)CCCCCCCCCCCCC(=N)NC(=O)OCCCC. The molecule has 0 aromatic heterocycles. The predicted molar refractivity (Wildman–Crippen MR) is 130 cm³/mol. The monoisotopic (exact) mass is 454 g/mol. The fraction of sp³-hybridized carbons (Fsp3) is 0.833. The highest BCUT2D eigenvalue weighted by Crippen LogP contribution is 2.12. The van der Waals surface area contributed by atoms with Gasteiger partial charge in [0.2, 0.25) is 0 Å². The number of hydrogen-bond donors (Lipinski definition) is 4. The standard InChI is InChI=1S/C24H46N4O4/c1-3-5-19-31-23(29)27-21(25)17-15-13-11-9-7-8-10-12-14-16-18-22(26)28-24(30)32-20-6-4-2/h3-20H2,1-2H3,(H2,25,27,29)(H2,26,28,30). The van der Waals surface area contributed by atoms with Gasteiger partial charge in [0.15, 0.2) is 0 Å². The molecule has 0 rings (SSSR count). The van der Waals surface area contributed by atoms with Crippen LogP contribution in [-0.4, -0.2) is 37.1 Å². The lowest BCUT2D eigenvalue weighted by atomic mass is 10.0. The molecule has 0 spiro atoms. The van der Waals surface area contributed by atoms with E-state index in [2.05, 4.69) is 10.6 Å². The van der Waals surface area contributed by atoms with Gasteiger partial charge in [0, 0.05) is 12.8 Å². The summed E-state index contributed by atoms with van der Waals surface area (Å²) in [5, 5.41) is 20.5. The van der Waals surface area contributed by atoms with E-state index in [1.165, 1.54) is 25.7 Å². The van der Waals surface area contributed by atoms with Gasteiger partial charge in [-0.05, 0) is 25.7 Å². The summed E-state index contributed by atoms with van der Waals surface area (Å²) in [4.78, 5) is 22.9. The lowest BCUT2D eigenvalue weighted by Crippen LogP contribution is -2.30. The molecule has 4 N–H and O–H groups in total. The molecule has 0 saturated heterocycles. The van der Waals surface area contributed by atoms with Crippen molar-refractivity contribution in [1.29, 1.82) is 10.8 Å². The highest BCUT2D eigenvalue weighted by molar-refractivity contribution is 5.93. The third kappa shape index (κ3) is 21.1. The number of hydrogen-bond acceptors (Lipinski definition) is 6. The Balaban J connectivity index is 3.38. The van der Waals surface area contributed by atoms with Gasteiger partial charge >= 0.3 is 12.2 Å². The molecule has 0 radical (unpaired) electrons. The predicted octanol–water partition coefficient (Wildman–Crippen LogP) is 6.67. The molecule has 0 aliphatic rings. The van der Waals surface area contributed by atoms with Gasteiger partial charge in [-0.2, -0.15) is 0 Å². The van der Waals surface area contributed by atoms with Crippen molar-refractivity contribution < 1.29 is 19.1 Å². The van der Waals surface area contributed by atoms with E-state index in [1.54, 1.807) is 0 Å². The van der Waals surface area contributed by atoms with E-state index in [9.17, 15) is 9.59 Å². The number of unbranched alkanes of at least 4 members (excludes halogenated alkanes) is 11. The summed E-state index contributed by atoms with van der Waals surface area (Å²) in [6.07, 6.45) is 15.0. The second-order valence-electron chi connectivity index (χ2n) is 8.22. The van der Waals surface area contributed by atoms with Crippen LogP contribution in [0.15, 0.2) is 0 Å². The average molecular weight is 455 g/mol. The Kier molecular flexibility index (Phi) is 20.6. The lowest BCUT2D eigenvalue weighted by Gasteiger charge is -2.08. The first-order valence-corrected chi connectivity index (χ1v) is 12.5. The van der Waals surface area contributed by atoms with Crippen molar-refractivity contribution in [2.24, 2.45) is 0 Å². The summed E-state index contributed by atoms with van der Waals surface area (Å²) in [5.74, 6) is 0.478. The summed E-state index contributed by atoms with van der Waals surface area (Å²) >= 11 is 0. The first-order chi connectivity index (χ1) is 15.5. The summed E-state index contributed by atoms with van der Waals surface area (Å²) in [6.45, 7) is 4.89. The normalized spacial score (nSPS) is 10.4. The van der Waals surface area contributed by atoms with Crippen molar-refractivity contribution in [2.75, 3.05) is 13.2 Å². The third-order valence-electron chi connectivity index (χ3n) is 5.07. The molecule has 8 heteroatoms. The van der Waals surface area contributed by atoms with Gasteiger partial charge < -0.3 is 9.47 Å². The quantitative estimate of drug-likeness (QED) is 0.0987. The van der Waals surface area contributed by atoms with Crippen LogP contribution in [0.5, 0.6) is 0 Å². The smallest absolute Gasteiger partial charge is 0.412 e. The minimum atomic E-state index is -0.513. The lowest BCUT2D eigenvalue weighted by molar-refractivity contribution is 0.149. The van der Waals surface area contributed by atoms with E-state index < -0.39 is 12.2 Å². The van der Waals surface area contributed by atoms with E-state index in [0.717, 1.165) is 64.2 Å². The van der Waals surface area contributed by atoms with Crippen molar-refractivity contribution in [3.63, 3.8) is 0 Å². The Morgan fingerprint density at radius 3 is 1.19 bits per heavy atom. The molecular weight excluding hydrogens is 408 g/mol. The van der Waals surface area contributed by atoms with E-state index >= 15 is 0 Å².